The normalized spacial score (nSPS) is 15.4. The van der Waals surface area contributed by atoms with Crippen LogP contribution in [0, 0.1) is 5.92 Å². The Labute approximate surface area is 343 Å². The molecule has 0 aliphatic rings. The molecule has 0 aromatic heterocycles. The third kappa shape index (κ3) is 18.0. The number of aliphatic carboxylic acids is 2. The van der Waals surface area contributed by atoms with Gasteiger partial charge in [-0.05, 0) is 43.4 Å². The molecular formula is C36H55N9O15. The molecule has 0 radical (unpaired) electrons. The maximum atomic E-state index is 14.0. The molecule has 0 heterocycles. The second kappa shape index (κ2) is 25.2. The van der Waals surface area contributed by atoms with Gasteiger partial charge in [0.2, 0.25) is 47.3 Å². The number of aliphatic hydroxyl groups excluding tert-OH is 2. The number of carboxylic acids is 2. The number of carbonyl (C=O) groups is 10. The van der Waals surface area contributed by atoms with Crippen LogP contribution in [0.1, 0.15) is 64.9 Å². The first-order chi connectivity index (χ1) is 28.0. The summed E-state index contributed by atoms with van der Waals surface area (Å²) in [7, 11) is 0. The van der Waals surface area contributed by atoms with Gasteiger partial charge in [-0.15, -0.1) is 0 Å². The van der Waals surface area contributed by atoms with Crippen molar-refractivity contribution in [3.8, 4) is 5.75 Å². The zero-order valence-corrected chi connectivity index (χ0v) is 33.2. The molecule has 0 aliphatic heterocycles. The van der Waals surface area contributed by atoms with E-state index in [-0.39, 0.29) is 25.0 Å². The van der Waals surface area contributed by atoms with Crippen LogP contribution in [-0.4, -0.2) is 140 Å². The molecule has 0 fully saturated rings. The van der Waals surface area contributed by atoms with E-state index in [1.54, 1.807) is 13.8 Å². The van der Waals surface area contributed by atoms with Gasteiger partial charge in [-0.25, -0.2) is 4.79 Å². The first kappa shape index (κ1) is 51.6. The summed E-state index contributed by atoms with van der Waals surface area (Å²) < 4.78 is 0. The van der Waals surface area contributed by atoms with E-state index < -0.39 is 146 Å². The molecule has 1 rings (SSSR count). The smallest absolute Gasteiger partial charge is 0.328 e. The van der Waals surface area contributed by atoms with Crippen molar-refractivity contribution >= 4 is 59.2 Å². The molecule has 9 atom stereocenters. The second-order valence-corrected chi connectivity index (χ2v) is 13.9. The molecule has 1 aromatic carbocycles. The molecule has 24 heteroatoms. The zero-order chi connectivity index (χ0) is 45.9. The number of primary amides is 2. The lowest BCUT2D eigenvalue weighted by Gasteiger charge is -2.30. The van der Waals surface area contributed by atoms with Gasteiger partial charge in [0.15, 0.2) is 0 Å². The summed E-state index contributed by atoms with van der Waals surface area (Å²) in [4.78, 5) is 126. The molecule has 0 spiro atoms. The van der Waals surface area contributed by atoms with Crippen LogP contribution in [0.2, 0.25) is 0 Å². The molecule has 60 heavy (non-hydrogen) atoms. The fraction of sp³-hybridized carbons (Fsp3) is 0.556. The predicted molar refractivity (Wildman–Crippen MR) is 206 cm³/mol. The Balaban J connectivity index is 3.48. The van der Waals surface area contributed by atoms with Crippen molar-refractivity contribution < 1.29 is 73.5 Å². The topological polar surface area (TPSA) is 422 Å². The highest BCUT2D eigenvalue weighted by Crippen LogP contribution is 2.14. The Morgan fingerprint density at radius 1 is 0.633 bits per heavy atom. The quantitative estimate of drug-likeness (QED) is 0.0393. The predicted octanol–water partition coefficient (Wildman–Crippen LogP) is -5.32. The summed E-state index contributed by atoms with van der Waals surface area (Å²) >= 11 is 0. The standard InChI is InChI=1S/C36H55N9O15/c1-4-16(2)28(44-33(56)23(14-26(39)50)41-30(53)20(37)9-12-27(51)52)34(57)42-22(13-18-5-7-19(48)8-6-18)32(55)45-29(17(3)47)35(58)40-21(10-11-25(38)49)31(54)43-24(15-46)36(59)60/h5-8,16-17,20-24,28-29,46-48H,4,9-15,37H2,1-3H3,(H2,38,49)(H2,39,50)(H,40,58)(H,41,53)(H,42,57)(H,43,54)(H,44,56)(H,45,55)(H,51,52)(H,59,60)/t16-,17+,20-,21-,22-,23-,24-,28-,29-/m0/s1. The number of carbonyl (C=O) groups excluding carboxylic acids is 8. The number of nitrogens with two attached hydrogens (primary N) is 3. The third-order valence-electron chi connectivity index (χ3n) is 9.02. The number of phenolic OH excluding ortho intramolecular Hbond substituents is 1. The average Bonchev–Trinajstić information content (AvgIpc) is 3.17. The molecule has 0 unspecified atom stereocenters. The van der Waals surface area contributed by atoms with Crippen molar-refractivity contribution in [2.45, 2.75) is 114 Å². The number of rotatable bonds is 27. The highest BCUT2D eigenvalue weighted by atomic mass is 16.4. The molecule has 24 nitrogen and oxygen atoms in total. The molecule has 0 saturated carbocycles. The molecule has 1 aromatic rings. The average molecular weight is 854 g/mol. The number of hydrogen-bond acceptors (Lipinski definition) is 14. The fourth-order valence-electron chi connectivity index (χ4n) is 5.33. The number of nitrogens with one attached hydrogen (secondary N) is 6. The number of amides is 8. The van der Waals surface area contributed by atoms with Gasteiger partial charge in [0.25, 0.3) is 0 Å². The van der Waals surface area contributed by atoms with Crippen molar-refractivity contribution in [1.29, 1.82) is 0 Å². The van der Waals surface area contributed by atoms with Gasteiger partial charge in [-0.1, -0.05) is 32.4 Å². The monoisotopic (exact) mass is 853 g/mol. The minimum atomic E-state index is -1.86. The van der Waals surface area contributed by atoms with Gasteiger partial charge < -0.3 is 74.6 Å². The summed E-state index contributed by atoms with van der Waals surface area (Å²) in [5.74, 6) is -12.1. The van der Waals surface area contributed by atoms with Crippen LogP contribution in [-0.2, 0) is 54.4 Å². The van der Waals surface area contributed by atoms with Crippen LogP contribution in [0.3, 0.4) is 0 Å². The molecule has 0 aliphatic carbocycles. The molecule has 17 N–H and O–H groups in total. The molecule has 8 amide bonds. The Morgan fingerprint density at radius 2 is 1.13 bits per heavy atom. The number of aromatic hydroxyl groups is 1. The van der Waals surface area contributed by atoms with E-state index >= 15 is 0 Å². The van der Waals surface area contributed by atoms with E-state index in [1.807, 2.05) is 5.32 Å². The van der Waals surface area contributed by atoms with Gasteiger partial charge in [0, 0.05) is 19.3 Å². The first-order valence-corrected chi connectivity index (χ1v) is 18.7. The van der Waals surface area contributed by atoms with Crippen LogP contribution in [0.4, 0.5) is 0 Å². The third-order valence-corrected chi connectivity index (χ3v) is 9.02. The van der Waals surface area contributed by atoms with Crippen molar-refractivity contribution in [3.05, 3.63) is 29.8 Å². The van der Waals surface area contributed by atoms with Crippen molar-refractivity contribution in [1.82, 2.24) is 31.9 Å². The fourth-order valence-corrected chi connectivity index (χ4v) is 5.33. The maximum Gasteiger partial charge on any atom is 0.328 e. The summed E-state index contributed by atoms with van der Waals surface area (Å²) in [5, 5.41) is 61.5. The van der Waals surface area contributed by atoms with Gasteiger partial charge in [-0.3, -0.25) is 43.2 Å². The lowest BCUT2D eigenvalue weighted by atomic mass is 9.96. The van der Waals surface area contributed by atoms with Crippen LogP contribution in [0.5, 0.6) is 5.75 Å². The van der Waals surface area contributed by atoms with E-state index in [0.29, 0.717) is 5.56 Å². The Kier molecular flexibility index (Phi) is 21.7. The van der Waals surface area contributed by atoms with Gasteiger partial charge >= 0.3 is 11.9 Å². The van der Waals surface area contributed by atoms with Crippen LogP contribution in [0.15, 0.2) is 24.3 Å². The maximum absolute atomic E-state index is 14.0. The Hall–Kier alpha value is -6.40. The highest BCUT2D eigenvalue weighted by Gasteiger charge is 2.36. The summed E-state index contributed by atoms with van der Waals surface area (Å²) in [6.45, 7) is 3.28. The molecular weight excluding hydrogens is 798 g/mol. The molecule has 0 bridgehead atoms. The van der Waals surface area contributed by atoms with Crippen LogP contribution < -0.4 is 49.1 Å². The van der Waals surface area contributed by atoms with E-state index in [1.165, 1.54) is 24.3 Å². The van der Waals surface area contributed by atoms with E-state index in [9.17, 15) is 68.4 Å². The van der Waals surface area contributed by atoms with Crippen molar-refractivity contribution in [2.75, 3.05) is 6.61 Å². The van der Waals surface area contributed by atoms with Crippen molar-refractivity contribution in [2.24, 2.45) is 23.1 Å². The number of hydrogen-bond donors (Lipinski definition) is 14. The van der Waals surface area contributed by atoms with Crippen LogP contribution >= 0.6 is 0 Å². The molecule has 0 saturated heterocycles. The lowest BCUT2D eigenvalue weighted by Crippen LogP contribution is -2.62. The SMILES string of the molecule is CC[C@H](C)[C@H](NC(=O)[C@H](CC(N)=O)NC(=O)[C@@H](N)CCC(=O)O)C(=O)N[C@@H](Cc1ccc(O)cc1)C(=O)N[C@H](C(=O)N[C@@H](CCC(N)=O)C(=O)N[C@@H](CO)C(=O)O)[C@@H](C)O. The highest BCUT2D eigenvalue weighted by molar-refractivity contribution is 5.98. The summed E-state index contributed by atoms with van der Waals surface area (Å²) in [5.41, 5.74) is 16.6. The zero-order valence-electron chi connectivity index (χ0n) is 33.2. The summed E-state index contributed by atoms with van der Waals surface area (Å²) in [6.07, 6.45) is -4.24. The number of aliphatic hydroxyl groups is 2. The van der Waals surface area contributed by atoms with Gasteiger partial charge in [0.05, 0.1) is 25.2 Å². The lowest BCUT2D eigenvalue weighted by molar-refractivity contribution is -0.143. The van der Waals surface area contributed by atoms with E-state index in [2.05, 4.69) is 26.6 Å². The van der Waals surface area contributed by atoms with Crippen molar-refractivity contribution in [3.63, 3.8) is 0 Å². The van der Waals surface area contributed by atoms with E-state index in [0.717, 1.165) is 6.92 Å². The Morgan fingerprint density at radius 3 is 1.63 bits per heavy atom. The first-order valence-electron chi connectivity index (χ1n) is 18.7. The summed E-state index contributed by atoms with van der Waals surface area (Å²) in [6, 6.07) is -6.05. The largest absolute Gasteiger partial charge is 0.508 e. The minimum Gasteiger partial charge on any atom is -0.508 e. The number of carboxylic acid groups (broad SMARTS) is 2. The number of phenols is 1. The number of benzene rings is 1. The Bertz CT molecular complexity index is 1710. The van der Waals surface area contributed by atoms with Crippen LogP contribution in [0.25, 0.3) is 0 Å². The molecule has 334 valence electrons. The van der Waals surface area contributed by atoms with Gasteiger partial charge in [0.1, 0.15) is 42.0 Å². The minimum absolute atomic E-state index is 0.141. The van der Waals surface area contributed by atoms with Gasteiger partial charge in [-0.2, -0.15) is 0 Å². The second-order valence-electron chi connectivity index (χ2n) is 13.9. The van der Waals surface area contributed by atoms with E-state index in [4.69, 9.17) is 22.3 Å².